The number of hydrogen-bond donors (Lipinski definition) is 0. The van der Waals surface area contributed by atoms with Crippen LogP contribution in [0.2, 0.25) is 0 Å². The van der Waals surface area contributed by atoms with E-state index >= 15 is 0 Å². The molecule has 1 aromatic heterocycles. The van der Waals surface area contributed by atoms with E-state index in [0.717, 1.165) is 0 Å². The van der Waals surface area contributed by atoms with E-state index in [2.05, 4.69) is 10.2 Å². The summed E-state index contributed by atoms with van der Waals surface area (Å²) in [6.07, 6.45) is 1.48. The molecule has 1 saturated heterocycles. The molecule has 0 radical (unpaired) electrons. The van der Waals surface area contributed by atoms with Crippen LogP contribution in [-0.4, -0.2) is 36.8 Å². The van der Waals surface area contributed by atoms with Gasteiger partial charge in [-0.15, -0.1) is 8.98 Å². The maximum Gasteiger partial charge on any atom is 0.302 e. The maximum atomic E-state index is 12.5. The number of carbonyl (C=O) groups is 1. The van der Waals surface area contributed by atoms with Crippen molar-refractivity contribution in [2.45, 2.75) is 6.42 Å². The summed E-state index contributed by atoms with van der Waals surface area (Å²) in [7, 11) is -4.55. The zero-order valence-corrected chi connectivity index (χ0v) is 9.60. The lowest BCUT2D eigenvalue weighted by atomic mass is 10.1. The molecular formula is C9H10FN3O3S. The van der Waals surface area contributed by atoms with Gasteiger partial charge in [0.15, 0.2) is 5.82 Å². The molecule has 0 bridgehead atoms. The Balaban J connectivity index is 2.11. The third-order valence-corrected chi connectivity index (χ3v) is 3.34. The second-order valence-electron chi connectivity index (χ2n) is 3.86. The lowest BCUT2D eigenvalue weighted by Gasteiger charge is -2.13. The van der Waals surface area contributed by atoms with Crippen LogP contribution in [0.5, 0.6) is 0 Å². The minimum Gasteiger partial charge on any atom is -0.295 e. The molecule has 8 heteroatoms. The smallest absolute Gasteiger partial charge is 0.295 e. The van der Waals surface area contributed by atoms with E-state index in [0.29, 0.717) is 5.82 Å². The zero-order chi connectivity index (χ0) is 12.5. The molecule has 0 saturated carbocycles. The molecule has 0 aliphatic carbocycles. The number of aromatic nitrogens is 2. The van der Waals surface area contributed by atoms with Crippen molar-refractivity contribution in [2.24, 2.45) is 5.92 Å². The van der Waals surface area contributed by atoms with Gasteiger partial charge in [-0.05, 0) is 12.1 Å². The molecule has 1 aromatic rings. The summed E-state index contributed by atoms with van der Waals surface area (Å²) < 4.78 is 33.5. The Morgan fingerprint density at radius 2 is 2.29 bits per heavy atom. The number of carbonyl (C=O) groups excluding carboxylic acids is 1. The molecule has 92 valence electrons. The SMILES string of the molecule is O=C1CC(CS(=O)(=O)F)CN1c1cccnn1. The van der Waals surface area contributed by atoms with Gasteiger partial charge in [-0.25, -0.2) is 0 Å². The molecule has 0 aromatic carbocycles. The number of hydrogen-bond acceptors (Lipinski definition) is 5. The first-order valence-electron chi connectivity index (χ1n) is 4.96. The van der Waals surface area contributed by atoms with Crippen molar-refractivity contribution in [3.63, 3.8) is 0 Å². The van der Waals surface area contributed by atoms with Crippen LogP contribution >= 0.6 is 0 Å². The van der Waals surface area contributed by atoms with Crippen LogP contribution in [0.25, 0.3) is 0 Å². The number of nitrogens with zero attached hydrogens (tertiary/aromatic N) is 3. The number of rotatable bonds is 3. The Bertz CT molecular complexity index is 520. The van der Waals surface area contributed by atoms with Crippen LogP contribution in [0.4, 0.5) is 9.70 Å². The van der Waals surface area contributed by atoms with Gasteiger partial charge in [0.25, 0.3) is 0 Å². The van der Waals surface area contributed by atoms with Crippen molar-refractivity contribution in [3.8, 4) is 0 Å². The van der Waals surface area contributed by atoms with E-state index in [9.17, 15) is 17.1 Å². The van der Waals surface area contributed by atoms with Gasteiger partial charge in [-0.2, -0.15) is 13.5 Å². The molecule has 1 aliphatic rings. The summed E-state index contributed by atoms with van der Waals surface area (Å²) in [6, 6.07) is 3.21. The second kappa shape index (κ2) is 4.36. The van der Waals surface area contributed by atoms with E-state index in [-0.39, 0.29) is 18.9 Å². The molecule has 2 heterocycles. The van der Waals surface area contributed by atoms with E-state index in [1.165, 1.54) is 11.1 Å². The summed E-state index contributed by atoms with van der Waals surface area (Å²) in [5.74, 6) is -1.06. The van der Waals surface area contributed by atoms with Gasteiger partial charge in [0.2, 0.25) is 5.91 Å². The van der Waals surface area contributed by atoms with E-state index in [1.54, 1.807) is 12.1 Å². The quantitative estimate of drug-likeness (QED) is 0.721. The van der Waals surface area contributed by atoms with Gasteiger partial charge in [-0.3, -0.25) is 9.69 Å². The van der Waals surface area contributed by atoms with Crippen LogP contribution in [0, 0.1) is 5.92 Å². The zero-order valence-electron chi connectivity index (χ0n) is 8.78. The lowest BCUT2D eigenvalue weighted by molar-refractivity contribution is -0.117. The molecule has 1 atom stereocenters. The van der Waals surface area contributed by atoms with Gasteiger partial charge < -0.3 is 0 Å². The molecule has 0 spiro atoms. The normalized spacial score (nSPS) is 20.9. The highest BCUT2D eigenvalue weighted by molar-refractivity contribution is 7.86. The highest BCUT2D eigenvalue weighted by Crippen LogP contribution is 2.24. The first-order chi connectivity index (χ1) is 7.96. The molecule has 1 unspecified atom stereocenters. The molecular weight excluding hydrogens is 249 g/mol. The third-order valence-electron chi connectivity index (χ3n) is 2.47. The molecule has 1 fully saturated rings. The predicted octanol–water partition coefficient (Wildman–Crippen LogP) is 0.129. The monoisotopic (exact) mass is 259 g/mol. The van der Waals surface area contributed by atoms with Crippen LogP contribution in [0.1, 0.15) is 6.42 Å². The summed E-state index contributed by atoms with van der Waals surface area (Å²) >= 11 is 0. The second-order valence-corrected chi connectivity index (χ2v) is 5.27. The Labute approximate surface area is 97.7 Å². The molecule has 17 heavy (non-hydrogen) atoms. The highest BCUT2D eigenvalue weighted by atomic mass is 32.3. The van der Waals surface area contributed by atoms with Crippen LogP contribution in [-0.2, 0) is 15.0 Å². The Hall–Kier alpha value is -1.57. The molecule has 1 aliphatic heterocycles. The largest absolute Gasteiger partial charge is 0.302 e. The summed E-state index contributed by atoms with van der Waals surface area (Å²) in [4.78, 5) is 12.9. The maximum absolute atomic E-state index is 12.5. The standard InChI is InChI=1S/C9H10FN3O3S/c10-17(15,16)6-7-4-9(14)13(5-7)8-2-1-3-11-12-8/h1-3,7H,4-6H2. The Kier molecular flexibility index (Phi) is 3.05. The summed E-state index contributed by atoms with van der Waals surface area (Å²) in [6.45, 7) is 0.153. The minimum atomic E-state index is -4.55. The van der Waals surface area contributed by atoms with Gasteiger partial charge in [-0.1, -0.05) is 0 Å². The Morgan fingerprint density at radius 3 is 2.88 bits per heavy atom. The number of amides is 1. The average molecular weight is 259 g/mol. The van der Waals surface area contributed by atoms with Gasteiger partial charge >= 0.3 is 10.2 Å². The van der Waals surface area contributed by atoms with Gasteiger partial charge in [0.1, 0.15) is 0 Å². The van der Waals surface area contributed by atoms with Crippen LogP contribution < -0.4 is 4.90 Å². The van der Waals surface area contributed by atoms with Crippen molar-refractivity contribution in [3.05, 3.63) is 18.3 Å². The topological polar surface area (TPSA) is 80.2 Å². The fourth-order valence-corrected chi connectivity index (χ4v) is 2.62. The van der Waals surface area contributed by atoms with Crippen LogP contribution in [0.3, 0.4) is 0 Å². The van der Waals surface area contributed by atoms with Crippen molar-refractivity contribution in [1.82, 2.24) is 10.2 Å². The molecule has 1 amide bonds. The van der Waals surface area contributed by atoms with E-state index in [4.69, 9.17) is 0 Å². The number of anilines is 1. The molecule has 0 N–H and O–H groups in total. The van der Waals surface area contributed by atoms with Gasteiger partial charge in [0.05, 0.1) is 5.75 Å². The third kappa shape index (κ3) is 2.96. The minimum absolute atomic E-state index is 0.0136. The van der Waals surface area contributed by atoms with E-state index < -0.39 is 21.9 Å². The predicted molar refractivity (Wildman–Crippen MR) is 57.4 cm³/mol. The van der Waals surface area contributed by atoms with Crippen molar-refractivity contribution >= 4 is 21.9 Å². The highest BCUT2D eigenvalue weighted by Gasteiger charge is 2.34. The average Bonchev–Trinajstić information content (AvgIpc) is 2.58. The lowest BCUT2D eigenvalue weighted by Crippen LogP contribution is -2.26. The molecule has 2 rings (SSSR count). The summed E-state index contributed by atoms with van der Waals surface area (Å²) in [5.41, 5.74) is 0. The number of halogens is 1. The fraction of sp³-hybridized carbons (Fsp3) is 0.444. The van der Waals surface area contributed by atoms with Gasteiger partial charge in [0, 0.05) is 25.1 Å². The molecule has 6 nitrogen and oxygen atoms in total. The summed E-state index contributed by atoms with van der Waals surface area (Å²) in [5, 5.41) is 7.38. The Morgan fingerprint density at radius 1 is 1.53 bits per heavy atom. The van der Waals surface area contributed by atoms with E-state index in [1.807, 2.05) is 0 Å². The fourth-order valence-electron chi connectivity index (χ4n) is 1.83. The van der Waals surface area contributed by atoms with Crippen molar-refractivity contribution in [2.75, 3.05) is 17.2 Å². The van der Waals surface area contributed by atoms with Crippen LogP contribution in [0.15, 0.2) is 18.3 Å². The first-order valence-corrected chi connectivity index (χ1v) is 6.51. The van der Waals surface area contributed by atoms with Crippen molar-refractivity contribution < 1.29 is 17.1 Å². The first kappa shape index (κ1) is 11.9. The van der Waals surface area contributed by atoms with Crippen molar-refractivity contribution in [1.29, 1.82) is 0 Å².